The number of nitrogens with one attached hydrogen (secondary N) is 1. The number of rotatable bonds is 4. The van der Waals surface area contributed by atoms with Gasteiger partial charge in [-0.3, -0.25) is 4.57 Å². The van der Waals surface area contributed by atoms with Gasteiger partial charge in [0.05, 0.1) is 11.0 Å². The highest BCUT2D eigenvalue weighted by Gasteiger charge is 2.04. The van der Waals surface area contributed by atoms with E-state index < -0.39 is 0 Å². The van der Waals surface area contributed by atoms with Crippen LogP contribution in [0, 0.1) is 0 Å². The smallest absolute Gasteiger partial charge is 0.115 e. The Balaban J connectivity index is 1.58. The number of hydrogen-bond donors (Lipinski definition) is 2. The number of fused-ring (bicyclic) bond motifs is 1. The lowest BCUT2D eigenvalue weighted by atomic mass is 10.2. The number of aromatic hydroxyl groups is 1. The number of nitrogens with zero attached hydrogens (tertiary/aromatic N) is 2. The zero-order valence-corrected chi connectivity index (χ0v) is 13.1. The summed E-state index contributed by atoms with van der Waals surface area (Å²) in [6.07, 6.45) is 1.86. The summed E-state index contributed by atoms with van der Waals surface area (Å²) in [5, 5.41) is 12.7. The number of anilines is 1. The number of para-hydroxylation sites is 2. The minimum atomic E-state index is 0.273. The zero-order chi connectivity index (χ0) is 16.4. The van der Waals surface area contributed by atoms with E-state index in [1.165, 1.54) is 5.56 Å². The SMILES string of the molecule is Oc1ccc(NCc2cccc(-n3cnc4ccccc43)c2)cc1. The maximum Gasteiger partial charge on any atom is 0.115 e. The quantitative estimate of drug-likeness (QED) is 0.551. The number of phenolic OH excluding ortho intramolecular Hbond substituents is 1. The standard InChI is InChI=1S/C20H17N3O/c24-18-10-8-16(9-11-18)21-13-15-4-3-5-17(12-15)23-14-22-19-6-1-2-7-20(19)23/h1-12,14,21,24H,13H2. The third kappa shape index (κ3) is 2.82. The fraction of sp³-hybridized carbons (Fsp3) is 0.0500. The molecule has 0 spiro atoms. The first kappa shape index (κ1) is 14.3. The van der Waals surface area contributed by atoms with Gasteiger partial charge in [-0.25, -0.2) is 4.98 Å². The van der Waals surface area contributed by atoms with Crippen molar-refractivity contribution in [2.75, 3.05) is 5.32 Å². The summed E-state index contributed by atoms with van der Waals surface area (Å²) in [5.74, 6) is 0.273. The summed E-state index contributed by atoms with van der Waals surface area (Å²) in [6.45, 7) is 0.714. The Bertz CT molecular complexity index is 974. The molecule has 0 bridgehead atoms. The van der Waals surface area contributed by atoms with Crippen LogP contribution in [0.25, 0.3) is 16.7 Å². The molecule has 4 nitrogen and oxygen atoms in total. The largest absolute Gasteiger partial charge is 0.508 e. The zero-order valence-electron chi connectivity index (χ0n) is 13.1. The Morgan fingerprint density at radius 1 is 0.917 bits per heavy atom. The molecule has 0 aliphatic carbocycles. The van der Waals surface area contributed by atoms with E-state index in [-0.39, 0.29) is 5.75 Å². The van der Waals surface area contributed by atoms with E-state index in [9.17, 15) is 5.11 Å². The first-order valence-corrected chi connectivity index (χ1v) is 7.84. The minimum Gasteiger partial charge on any atom is -0.508 e. The third-order valence-electron chi connectivity index (χ3n) is 4.01. The summed E-state index contributed by atoms with van der Waals surface area (Å²) in [7, 11) is 0. The first-order valence-electron chi connectivity index (χ1n) is 7.84. The molecule has 118 valence electrons. The third-order valence-corrected chi connectivity index (χ3v) is 4.01. The van der Waals surface area contributed by atoms with Gasteiger partial charge in [-0.1, -0.05) is 24.3 Å². The monoisotopic (exact) mass is 315 g/mol. The molecule has 1 heterocycles. The van der Waals surface area contributed by atoms with E-state index in [0.29, 0.717) is 6.54 Å². The molecule has 0 saturated carbocycles. The van der Waals surface area contributed by atoms with Gasteiger partial charge >= 0.3 is 0 Å². The van der Waals surface area contributed by atoms with Crippen LogP contribution in [0.4, 0.5) is 5.69 Å². The molecular weight excluding hydrogens is 298 g/mol. The van der Waals surface area contributed by atoms with Crippen molar-refractivity contribution < 1.29 is 5.11 Å². The molecule has 1 aromatic heterocycles. The second-order valence-electron chi connectivity index (χ2n) is 5.67. The molecule has 3 aromatic carbocycles. The van der Waals surface area contributed by atoms with Crippen LogP contribution < -0.4 is 5.32 Å². The molecule has 0 saturated heterocycles. The normalized spacial score (nSPS) is 10.8. The lowest BCUT2D eigenvalue weighted by Crippen LogP contribution is -2.00. The fourth-order valence-electron chi connectivity index (χ4n) is 2.76. The molecule has 0 amide bonds. The van der Waals surface area contributed by atoms with Crippen molar-refractivity contribution in [3.63, 3.8) is 0 Å². The summed E-state index contributed by atoms with van der Waals surface area (Å²) < 4.78 is 2.10. The Morgan fingerprint density at radius 3 is 2.62 bits per heavy atom. The van der Waals surface area contributed by atoms with E-state index in [1.807, 2.05) is 36.7 Å². The Kier molecular flexibility index (Phi) is 3.63. The van der Waals surface area contributed by atoms with Gasteiger partial charge in [0, 0.05) is 17.9 Å². The molecule has 0 aliphatic rings. The van der Waals surface area contributed by atoms with Crippen molar-refractivity contribution in [1.29, 1.82) is 0 Å². The molecule has 0 atom stereocenters. The molecule has 0 radical (unpaired) electrons. The van der Waals surface area contributed by atoms with Crippen molar-refractivity contribution in [2.45, 2.75) is 6.54 Å². The molecular formula is C20H17N3O. The lowest BCUT2D eigenvalue weighted by molar-refractivity contribution is 0.475. The second kappa shape index (κ2) is 6.08. The second-order valence-corrected chi connectivity index (χ2v) is 5.67. The lowest BCUT2D eigenvalue weighted by Gasteiger charge is -2.09. The van der Waals surface area contributed by atoms with Crippen LogP contribution in [-0.2, 0) is 6.54 Å². The van der Waals surface area contributed by atoms with Crippen LogP contribution in [0.5, 0.6) is 5.75 Å². The number of benzene rings is 3. The average molecular weight is 315 g/mol. The molecule has 0 unspecified atom stereocenters. The van der Waals surface area contributed by atoms with Gasteiger partial charge in [-0.15, -0.1) is 0 Å². The maximum atomic E-state index is 9.33. The average Bonchev–Trinajstić information content (AvgIpc) is 3.06. The van der Waals surface area contributed by atoms with Crippen molar-refractivity contribution >= 4 is 16.7 Å². The Labute approximate surface area is 140 Å². The van der Waals surface area contributed by atoms with Gasteiger partial charge < -0.3 is 10.4 Å². The van der Waals surface area contributed by atoms with Gasteiger partial charge in [0.2, 0.25) is 0 Å². The van der Waals surface area contributed by atoms with Crippen molar-refractivity contribution in [3.8, 4) is 11.4 Å². The maximum absolute atomic E-state index is 9.33. The van der Waals surface area contributed by atoms with Crippen LogP contribution >= 0.6 is 0 Å². The van der Waals surface area contributed by atoms with Crippen molar-refractivity contribution in [3.05, 3.63) is 84.7 Å². The van der Waals surface area contributed by atoms with Crippen LogP contribution in [0.2, 0.25) is 0 Å². The van der Waals surface area contributed by atoms with Gasteiger partial charge in [-0.05, 0) is 54.1 Å². The summed E-state index contributed by atoms with van der Waals surface area (Å²) in [4.78, 5) is 4.45. The summed E-state index contributed by atoms with van der Waals surface area (Å²) in [5.41, 5.74) is 5.34. The Morgan fingerprint density at radius 2 is 1.75 bits per heavy atom. The van der Waals surface area contributed by atoms with Crippen LogP contribution in [0.15, 0.2) is 79.1 Å². The van der Waals surface area contributed by atoms with Crippen molar-refractivity contribution in [2.24, 2.45) is 0 Å². The van der Waals surface area contributed by atoms with Crippen LogP contribution in [0.1, 0.15) is 5.56 Å². The van der Waals surface area contributed by atoms with E-state index >= 15 is 0 Å². The molecule has 4 rings (SSSR count). The van der Waals surface area contributed by atoms with Crippen LogP contribution in [-0.4, -0.2) is 14.7 Å². The van der Waals surface area contributed by atoms with E-state index in [0.717, 1.165) is 22.4 Å². The molecule has 0 fully saturated rings. The van der Waals surface area contributed by atoms with Gasteiger partial charge in [-0.2, -0.15) is 0 Å². The number of aromatic nitrogens is 2. The predicted octanol–water partition coefficient (Wildman–Crippen LogP) is 4.34. The Hall–Kier alpha value is -3.27. The van der Waals surface area contributed by atoms with Gasteiger partial charge in [0.25, 0.3) is 0 Å². The number of phenols is 1. The van der Waals surface area contributed by atoms with E-state index in [2.05, 4.69) is 45.2 Å². The summed E-state index contributed by atoms with van der Waals surface area (Å²) >= 11 is 0. The predicted molar refractivity (Wildman–Crippen MR) is 96.5 cm³/mol. The number of hydrogen-bond acceptors (Lipinski definition) is 3. The molecule has 0 aliphatic heterocycles. The van der Waals surface area contributed by atoms with Crippen LogP contribution in [0.3, 0.4) is 0 Å². The highest BCUT2D eigenvalue weighted by molar-refractivity contribution is 5.77. The molecule has 24 heavy (non-hydrogen) atoms. The highest BCUT2D eigenvalue weighted by Crippen LogP contribution is 2.20. The molecule has 4 aromatic rings. The number of imidazole rings is 1. The van der Waals surface area contributed by atoms with Gasteiger partial charge in [0.15, 0.2) is 0 Å². The fourth-order valence-corrected chi connectivity index (χ4v) is 2.76. The van der Waals surface area contributed by atoms with E-state index in [4.69, 9.17) is 0 Å². The van der Waals surface area contributed by atoms with Crippen molar-refractivity contribution in [1.82, 2.24) is 9.55 Å². The van der Waals surface area contributed by atoms with E-state index in [1.54, 1.807) is 12.1 Å². The highest BCUT2D eigenvalue weighted by atomic mass is 16.3. The topological polar surface area (TPSA) is 50.1 Å². The molecule has 4 heteroatoms. The van der Waals surface area contributed by atoms with Gasteiger partial charge in [0.1, 0.15) is 12.1 Å². The molecule has 2 N–H and O–H groups in total. The first-order chi connectivity index (χ1) is 11.8. The summed E-state index contributed by atoms with van der Waals surface area (Å²) in [6, 6.07) is 23.6. The minimum absolute atomic E-state index is 0.273.